The van der Waals surface area contributed by atoms with E-state index in [0.29, 0.717) is 6.54 Å². The third kappa shape index (κ3) is 2.38. The molecule has 0 bridgehead atoms. The highest BCUT2D eigenvalue weighted by Gasteiger charge is 2.24. The number of nitrogens with zero attached hydrogens (tertiary/aromatic N) is 2. The monoisotopic (exact) mass is 269 g/mol. The normalized spacial score (nSPS) is 23.2. The average Bonchev–Trinajstić information content (AvgIpc) is 2.45. The molecule has 0 aliphatic carbocycles. The SMILES string of the molecule is CC1CC(C)CN(c2c(CN)cnc3ccccc23)C1. The Morgan fingerprint density at radius 3 is 2.60 bits per heavy atom. The van der Waals surface area contributed by atoms with Crippen molar-refractivity contribution in [1.29, 1.82) is 0 Å². The van der Waals surface area contributed by atoms with E-state index < -0.39 is 0 Å². The summed E-state index contributed by atoms with van der Waals surface area (Å²) in [7, 11) is 0. The lowest BCUT2D eigenvalue weighted by molar-refractivity contribution is 0.357. The van der Waals surface area contributed by atoms with Gasteiger partial charge in [-0.1, -0.05) is 32.0 Å². The zero-order chi connectivity index (χ0) is 14.1. The van der Waals surface area contributed by atoms with Crippen molar-refractivity contribution < 1.29 is 0 Å². The van der Waals surface area contributed by atoms with Gasteiger partial charge in [-0.2, -0.15) is 0 Å². The lowest BCUT2D eigenvalue weighted by Crippen LogP contribution is -2.39. The maximum atomic E-state index is 5.95. The van der Waals surface area contributed by atoms with Crippen LogP contribution in [0.15, 0.2) is 30.5 Å². The molecule has 3 nitrogen and oxygen atoms in total. The Labute approximate surface area is 120 Å². The molecule has 1 saturated heterocycles. The smallest absolute Gasteiger partial charge is 0.0723 e. The maximum Gasteiger partial charge on any atom is 0.0723 e. The minimum absolute atomic E-state index is 0.548. The first-order valence-electron chi connectivity index (χ1n) is 7.50. The van der Waals surface area contributed by atoms with E-state index in [1.807, 2.05) is 12.3 Å². The van der Waals surface area contributed by atoms with Crippen LogP contribution < -0.4 is 10.6 Å². The minimum Gasteiger partial charge on any atom is -0.370 e. The van der Waals surface area contributed by atoms with E-state index in [0.717, 1.165) is 36.0 Å². The second-order valence-corrected chi connectivity index (χ2v) is 6.20. The number of piperidine rings is 1. The van der Waals surface area contributed by atoms with Gasteiger partial charge in [0.1, 0.15) is 0 Å². The second kappa shape index (κ2) is 5.41. The van der Waals surface area contributed by atoms with Gasteiger partial charge in [0, 0.05) is 36.8 Å². The molecular formula is C17H23N3. The lowest BCUT2D eigenvalue weighted by Gasteiger charge is -2.38. The topological polar surface area (TPSA) is 42.1 Å². The average molecular weight is 269 g/mol. The van der Waals surface area contributed by atoms with Crippen molar-refractivity contribution in [2.75, 3.05) is 18.0 Å². The van der Waals surface area contributed by atoms with Gasteiger partial charge in [0.05, 0.1) is 11.2 Å². The predicted molar refractivity (Wildman–Crippen MR) is 84.8 cm³/mol. The third-order valence-electron chi connectivity index (χ3n) is 4.23. The first-order valence-corrected chi connectivity index (χ1v) is 7.50. The van der Waals surface area contributed by atoms with Crippen molar-refractivity contribution in [2.24, 2.45) is 17.6 Å². The molecule has 1 aliphatic heterocycles. The molecule has 3 heteroatoms. The fourth-order valence-electron chi connectivity index (χ4n) is 3.54. The molecule has 2 atom stereocenters. The van der Waals surface area contributed by atoms with Crippen molar-refractivity contribution in [2.45, 2.75) is 26.8 Å². The zero-order valence-corrected chi connectivity index (χ0v) is 12.3. The number of hydrogen-bond acceptors (Lipinski definition) is 3. The summed E-state index contributed by atoms with van der Waals surface area (Å²) < 4.78 is 0. The number of hydrogen-bond donors (Lipinski definition) is 1. The Bertz CT molecular complexity index is 598. The molecule has 2 N–H and O–H groups in total. The van der Waals surface area contributed by atoms with Gasteiger partial charge < -0.3 is 10.6 Å². The van der Waals surface area contributed by atoms with Crippen LogP contribution in [-0.4, -0.2) is 18.1 Å². The summed E-state index contributed by atoms with van der Waals surface area (Å²) >= 11 is 0. The fraction of sp³-hybridized carbons (Fsp3) is 0.471. The molecule has 1 aromatic heterocycles. The highest BCUT2D eigenvalue weighted by atomic mass is 15.1. The molecule has 2 unspecified atom stereocenters. The lowest BCUT2D eigenvalue weighted by atomic mass is 9.91. The number of aromatic nitrogens is 1. The van der Waals surface area contributed by atoms with E-state index in [2.05, 4.69) is 41.9 Å². The first-order chi connectivity index (χ1) is 9.69. The number of rotatable bonds is 2. The van der Waals surface area contributed by atoms with Crippen LogP contribution in [-0.2, 0) is 6.54 Å². The Hall–Kier alpha value is -1.61. The van der Waals surface area contributed by atoms with E-state index in [1.54, 1.807) is 0 Å². The van der Waals surface area contributed by atoms with Gasteiger partial charge in [0.15, 0.2) is 0 Å². The number of nitrogens with two attached hydrogens (primary N) is 1. The Balaban J connectivity index is 2.12. The van der Waals surface area contributed by atoms with Crippen molar-refractivity contribution in [1.82, 2.24) is 4.98 Å². The predicted octanol–water partition coefficient (Wildman–Crippen LogP) is 3.18. The third-order valence-corrected chi connectivity index (χ3v) is 4.23. The zero-order valence-electron chi connectivity index (χ0n) is 12.3. The van der Waals surface area contributed by atoms with Gasteiger partial charge in [0.25, 0.3) is 0 Å². The number of fused-ring (bicyclic) bond motifs is 1. The van der Waals surface area contributed by atoms with Crippen molar-refractivity contribution in [3.05, 3.63) is 36.0 Å². The molecule has 0 saturated carbocycles. The summed E-state index contributed by atoms with van der Waals surface area (Å²) in [5, 5.41) is 1.23. The molecule has 20 heavy (non-hydrogen) atoms. The summed E-state index contributed by atoms with van der Waals surface area (Å²) in [5.74, 6) is 1.47. The highest BCUT2D eigenvalue weighted by molar-refractivity contribution is 5.93. The van der Waals surface area contributed by atoms with Gasteiger partial charge in [-0.05, 0) is 24.3 Å². The summed E-state index contributed by atoms with van der Waals surface area (Å²) in [5.41, 5.74) is 9.47. The Morgan fingerprint density at radius 1 is 1.20 bits per heavy atom. The molecule has 0 spiro atoms. The van der Waals surface area contributed by atoms with Gasteiger partial charge in [0.2, 0.25) is 0 Å². The standard InChI is InChI=1S/C17H23N3/c1-12-7-13(2)11-20(10-12)17-14(8-18)9-19-16-6-4-3-5-15(16)17/h3-6,9,12-13H,7-8,10-11,18H2,1-2H3. The molecule has 2 aromatic rings. The number of benzene rings is 1. The molecule has 3 rings (SSSR count). The van der Waals surface area contributed by atoms with E-state index >= 15 is 0 Å². The van der Waals surface area contributed by atoms with Crippen LogP contribution in [0, 0.1) is 11.8 Å². The van der Waals surface area contributed by atoms with E-state index in [-0.39, 0.29) is 0 Å². The second-order valence-electron chi connectivity index (χ2n) is 6.20. The molecule has 106 valence electrons. The van der Waals surface area contributed by atoms with E-state index in [4.69, 9.17) is 5.73 Å². The van der Waals surface area contributed by atoms with Gasteiger partial charge in [-0.3, -0.25) is 4.98 Å². The van der Waals surface area contributed by atoms with Crippen LogP contribution in [0.4, 0.5) is 5.69 Å². The number of anilines is 1. The van der Waals surface area contributed by atoms with Crippen molar-refractivity contribution in [3.8, 4) is 0 Å². The largest absolute Gasteiger partial charge is 0.370 e. The summed E-state index contributed by atoms with van der Waals surface area (Å²) in [6.07, 6.45) is 3.26. The number of para-hydroxylation sites is 1. The fourth-order valence-corrected chi connectivity index (χ4v) is 3.54. The van der Waals surface area contributed by atoms with Crippen molar-refractivity contribution >= 4 is 16.6 Å². The minimum atomic E-state index is 0.548. The van der Waals surface area contributed by atoms with Gasteiger partial charge >= 0.3 is 0 Å². The van der Waals surface area contributed by atoms with Crippen molar-refractivity contribution in [3.63, 3.8) is 0 Å². The molecule has 2 heterocycles. The molecule has 0 amide bonds. The quantitative estimate of drug-likeness (QED) is 0.910. The summed E-state index contributed by atoms with van der Waals surface area (Å²) in [6, 6.07) is 8.38. The Morgan fingerprint density at radius 2 is 1.90 bits per heavy atom. The molecule has 0 radical (unpaired) electrons. The van der Waals surface area contributed by atoms with Crippen LogP contribution in [0.3, 0.4) is 0 Å². The first kappa shape index (κ1) is 13.4. The highest BCUT2D eigenvalue weighted by Crippen LogP contribution is 2.33. The van der Waals surface area contributed by atoms with Gasteiger partial charge in [-0.15, -0.1) is 0 Å². The Kier molecular flexibility index (Phi) is 3.62. The van der Waals surface area contributed by atoms with Crippen LogP contribution in [0.5, 0.6) is 0 Å². The maximum absolute atomic E-state index is 5.95. The molecule has 1 aromatic carbocycles. The van der Waals surface area contributed by atoms with Crippen LogP contribution in [0.1, 0.15) is 25.8 Å². The molecular weight excluding hydrogens is 246 g/mol. The van der Waals surface area contributed by atoms with Crippen LogP contribution in [0.25, 0.3) is 10.9 Å². The number of pyridine rings is 1. The molecule has 1 aliphatic rings. The van der Waals surface area contributed by atoms with E-state index in [1.165, 1.54) is 17.5 Å². The van der Waals surface area contributed by atoms with Gasteiger partial charge in [-0.25, -0.2) is 0 Å². The van der Waals surface area contributed by atoms with Crippen LogP contribution >= 0.6 is 0 Å². The summed E-state index contributed by atoms with van der Waals surface area (Å²) in [4.78, 5) is 7.06. The molecule has 1 fully saturated rings. The van der Waals surface area contributed by atoms with Crippen LogP contribution in [0.2, 0.25) is 0 Å². The van der Waals surface area contributed by atoms with E-state index in [9.17, 15) is 0 Å². The summed E-state index contributed by atoms with van der Waals surface area (Å²) in [6.45, 7) is 7.46.